The van der Waals surface area contributed by atoms with Gasteiger partial charge in [-0.05, 0) is 63.0 Å². The summed E-state index contributed by atoms with van der Waals surface area (Å²) in [4.78, 5) is 9.20. The van der Waals surface area contributed by atoms with E-state index in [2.05, 4.69) is 10.3 Å². The third kappa shape index (κ3) is 4.26. The first-order valence-electron chi connectivity index (χ1n) is 10.6. The zero-order valence-corrected chi connectivity index (χ0v) is 15.7. The molecular weight excluding hydrogens is 326 g/mol. The SMILES string of the molecule is OC[C@@H]1[C@@H](Cc2ccnc(C3CC3)n2)[C@H](NCC2CCCCC2)C[C@H]1O. The van der Waals surface area contributed by atoms with Gasteiger partial charge in [0.05, 0.1) is 6.10 Å². The zero-order chi connectivity index (χ0) is 17.9. The summed E-state index contributed by atoms with van der Waals surface area (Å²) in [6, 6.07) is 2.27. The molecule has 5 nitrogen and oxygen atoms in total. The van der Waals surface area contributed by atoms with Gasteiger partial charge in [0, 0.05) is 36.4 Å². The van der Waals surface area contributed by atoms with E-state index in [1.807, 2.05) is 12.3 Å². The van der Waals surface area contributed by atoms with E-state index >= 15 is 0 Å². The van der Waals surface area contributed by atoms with Crippen molar-refractivity contribution in [2.75, 3.05) is 13.2 Å². The third-order valence-electron chi connectivity index (χ3n) is 6.78. The van der Waals surface area contributed by atoms with Gasteiger partial charge in [-0.1, -0.05) is 19.3 Å². The molecule has 3 fully saturated rings. The Morgan fingerprint density at radius 3 is 2.62 bits per heavy atom. The van der Waals surface area contributed by atoms with Crippen molar-refractivity contribution in [3.05, 3.63) is 23.8 Å². The van der Waals surface area contributed by atoms with Crippen molar-refractivity contribution in [3.8, 4) is 0 Å². The minimum Gasteiger partial charge on any atom is -0.396 e. The summed E-state index contributed by atoms with van der Waals surface area (Å²) in [5, 5.41) is 24.1. The monoisotopic (exact) mass is 359 g/mol. The normalized spacial score (nSPS) is 32.8. The van der Waals surface area contributed by atoms with Crippen LogP contribution in [0.2, 0.25) is 0 Å². The number of hydrogen-bond acceptors (Lipinski definition) is 5. The van der Waals surface area contributed by atoms with Crippen LogP contribution in [0, 0.1) is 17.8 Å². The molecule has 0 unspecified atom stereocenters. The summed E-state index contributed by atoms with van der Waals surface area (Å²) >= 11 is 0. The standard InChI is InChI=1S/C21H33N3O2/c25-13-18-17(10-16-8-9-22-21(24-16)15-6-7-15)19(11-20(18)26)23-12-14-4-2-1-3-5-14/h8-9,14-15,17-20,23,25-26H,1-7,10-13H2/t17-,18-,19-,20-/m1/s1. The number of rotatable bonds is 7. The lowest BCUT2D eigenvalue weighted by Gasteiger charge is -2.28. The molecule has 3 N–H and O–H groups in total. The second-order valence-electron chi connectivity index (χ2n) is 8.72. The molecule has 1 heterocycles. The summed E-state index contributed by atoms with van der Waals surface area (Å²) in [6.07, 6.45) is 12.2. The van der Waals surface area contributed by atoms with Crippen LogP contribution < -0.4 is 5.32 Å². The van der Waals surface area contributed by atoms with Crippen LogP contribution in [-0.2, 0) is 6.42 Å². The quantitative estimate of drug-likeness (QED) is 0.697. The lowest BCUT2D eigenvalue weighted by molar-refractivity contribution is 0.0715. The van der Waals surface area contributed by atoms with Crippen LogP contribution in [0.25, 0.3) is 0 Å². The van der Waals surface area contributed by atoms with Gasteiger partial charge in [-0.25, -0.2) is 9.97 Å². The van der Waals surface area contributed by atoms with E-state index in [1.54, 1.807) is 0 Å². The Kier molecular flexibility index (Phi) is 5.87. The fourth-order valence-corrected chi connectivity index (χ4v) is 4.99. The summed E-state index contributed by atoms with van der Waals surface area (Å²) < 4.78 is 0. The van der Waals surface area contributed by atoms with Gasteiger partial charge in [0.1, 0.15) is 5.82 Å². The summed E-state index contributed by atoms with van der Waals surface area (Å²) in [7, 11) is 0. The minimum absolute atomic E-state index is 0.0496. The highest BCUT2D eigenvalue weighted by Crippen LogP contribution is 2.39. The molecule has 4 atom stereocenters. The van der Waals surface area contributed by atoms with Gasteiger partial charge >= 0.3 is 0 Å². The molecule has 0 bridgehead atoms. The first kappa shape index (κ1) is 18.3. The Morgan fingerprint density at radius 1 is 1.08 bits per heavy atom. The van der Waals surface area contributed by atoms with E-state index in [9.17, 15) is 10.2 Å². The number of aliphatic hydroxyl groups is 2. The molecule has 1 aromatic rings. The molecule has 5 heteroatoms. The van der Waals surface area contributed by atoms with Crippen molar-refractivity contribution < 1.29 is 10.2 Å². The molecule has 0 saturated heterocycles. The van der Waals surface area contributed by atoms with E-state index < -0.39 is 6.10 Å². The van der Waals surface area contributed by atoms with Gasteiger partial charge in [0.15, 0.2) is 0 Å². The number of hydrogen-bond donors (Lipinski definition) is 3. The van der Waals surface area contributed by atoms with E-state index in [-0.39, 0.29) is 24.5 Å². The van der Waals surface area contributed by atoms with Crippen molar-refractivity contribution in [2.24, 2.45) is 17.8 Å². The Morgan fingerprint density at radius 2 is 1.88 bits per heavy atom. The van der Waals surface area contributed by atoms with Gasteiger partial charge in [0.2, 0.25) is 0 Å². The van der Waals surface area contributed by atoms with Gasteiger partial charge in [-0.2, -0.15) is 0 Å². The molecule has 0 spiro atoms. The number of nitrogens with one attached hydrogen (secondary N) is 1. The molecule has 3 aliphatic rings. The molecule has 26 heavy (non-hydrogen) atoms. The number of nitrogens with zero attached hydrogens (tertiary/aromatic N) is 2. The van der Waals surface area contributed by atoms with Crippen LogP contribution in [0.1, 0.15) is 68.8 Å². The maximum absolute atomic E-state index is 10.5. The predicted octanol–water partition coefficient (Wildman–Crippen LogP) is 2.42. The Labute approximate surface area is 156 Å². The van der Waals surface area contributed by atoms with Crippen LogP contribution in [-0.4, -0.2) is 45.5 Å². The highest BCUT2D eigenvalue weighted by molar-refractivity contribution is 5.12. The number of aliphatic hydroxyl groups excluding tert-OH is 2. The van der Waals surface area contributed by atoms with Crippen molar-refractivity contribution >= 4 is 0 Å². The molecular formula is C21H33N3O2. The second kappa shape index (κ2) is 8.32. The summed E-state index contributed by atoms with van der Waals surface area (Å²) in [5.74, 6) is 2.49. The lowest BCUT2D eigenvalue weighted by Crippen LogP contribution is -2.39. The third-order valence-corrected chi connectivity index (χ3v) is 6.78. The summed E-state index contributed by atoms with van der Waals surface area (Å²) in [5.41, 5.74) is 1.06. The summed E-state index contributed by atoms with van der Waals surface area (Å²) in [6.45, 7) is 1.09. The van der Waals surface area contributed by atoms with Crippen LogP contribution in [0.4, 0.5) is 0 Å². The maximum Gasteiger partial charge on any atom is 0.131 e. The van der Waals surface area contributed by atoms with Crippen LogP contribution in [0.15, 0.2) is 12.3 Å². The molecule has 1 aromatic heterocycles. The van der Waals surface area contributed by atoms with Crippen molar-refractivity contribution in [3.63, 3.8) is 0 Å². The van der Waals surface area contributed by atoms with Gasteiger partial charge in [-0.15, -0.1) is 0 Å². The molecule has 0 aliphatic heterocycles. The highest BCUT2D eigenvalue weighted by Gasteiger charge is 2.42. The predicted molar refractivity (Wildman–Crippen MR) is 101 cm³/mol. The average Bonchev–Trinajstić information content (AvgIpc) is 3.47. The zero-order valence-electron chi connectivity index (χ0n) is 15.7. The highest BCUT2D eigenvalue weighted by atomic mass is 16.3. The topological polar surface area (TPSA) is 78.3 Å². The minimum atomic E-state index is -0.418. The van der Waals surface area contributed by atoms with E-state index in [0.717, 1.165) is 36.8 Å². The van der Waals surface area contributed by atoms with Crippen molar-refractivity contribution in [1.82, 2.24) is 15.3 Å². The molecule has 4 rings (SSSR count). The maximum atomic E-state index is 10.5. The van der Waals surface area contributed by atoms with Crippen LogP contribution >= 0.6 is 0 Å². The largest absolute Gasteiger partial charge is 0.396 e. The first-order chi connectivity index (χ1) is 12.7. The molecule has 0 aromatic carbocycles. The van der Waals surface area contributed by atoms with E-state index in [1.165, 1.54) is 44.9 Å². The molecule has 0 amide bonds. The molecule has 3 aliphatic carbocycles. The van der Waals surface area contributed by atoms with Crippen LogP contribution in [0.3, 0.4) is 0 Å². The lowest BCUT2D eigenvalue weighted by atomic mass is 9.87. The van der Waals surface area contributed by atoms with Gasteiger partial charge in [-0.3, -0.25) is 0 Å². The van der Waals surface area contributed by atoms with Gasteiger partial charge in [0.25, 0.3) is 0 Å². The smallest absolute Gasteiger partial charge is 0.131 e. The van der Waals surface area contributed by atoms with Gasteiger partial charge < -0.3 is 15.5 Å². The Bertz CT molecular complexity index is 586. The van der Waals surface area contributed by atoms with E-state index in [0.29, 0.717) is 5.92 Å². The van der Waals surface area contributed by atoms with Crippen LogP contribution in [0.5, 0.6) is 0 Å². The average molecular weight is 360 g/mol. The van der Waals surface area contributed by atoms with Crippen molar-refractivity contribution in [2.45, 2.75) is 75.9 Å². The van der Waals surface area contributed by atoms with Crippen molar-refractivity contribution in [1.29, 1.82) is 0 Å². The molecule has 0 radical (unpaired) electrons. The number of aromatic nitrogens is 2. The fraction of sp³-hybridized carbons (Fsp3) is 0.810. The Balaban J connectivity index is 1.41. The molecule has 3 saturated carbocycles. The molecule has 144 valence electrons. The second-order valence-corrected chi connectivity index (χ2v) is 8.72. The first-order valence-corrected chi connectivity index (χ1v) is 10.6. The Hall–Kier alpha value is -1.04. The fourth-order valence-electron chi connectivity index (χ4n) is 4.99. The van der Waals surface area contributed by atoms with E-state index in [4.69, 9.17) is 4.98 Å².